The van der Waals surface area contributed by atoms with Gasteiger partial charge in [-0.2, -0.15) is 0 Å². The Kier molecular flexibility index (Phi) is 6.01. The maximum absolute atomic E-state index is 15.4. The minimum absolute atomic E-state index is 0.247. The number of methoxy groups -OCH3 is 1. The third-order valence-corrected chi connectivity index (χ3v) is 4.79. The van der Waals surface area contributed by atoms with Gasteiger partial charge in [0.1, 0.15) is 17.3 Å². The highest BCUT2D eigenvalue weighted by Gasteiger charge is 2.24. The molecule has 0 atom stereocenters. The van der Waals surface area contributed by atoms with Crippen LogP contribution in [0.2, 0.25) is 5.02 Å². The lowest BCUT2D eigenvalue weighted by molar-refractivity contribution is 0.0908. The molecule has 0 aliphatic carbocycles. The molecule has 150 valence electrons. The number of aromatic nitrogens is 1. The first-order valence-electron chi connectivity index (χ1n) is 9.10. The fourth-order valence-electron chi connectivity index (χ4n) is 3.03. The molecular formula is C23H22ClFN2O2. The number of halogens is 2. The number of ether oxygens (including phenoxy) is 1. The molecule has 0 fully saturated rings. The molecule has 0 radical (unpaired) electrons. The van der Waals surface area contributed by atoms with Gasteiger partial charge in [0, 0.05) is 17.6 Å². The summed E-state index contributed by atoms with van der Waals surface area (Å²) in [4.78, 5) is 16.4. The molecule has 0 unspecified atom stereocenters. The SMILES string of the molecule is COc1ccc(Cc2ccc(C(=O)C(C)(C)N)nc2)c(F)c1-c1cccc(Cl)c1. The molecule has 0 spiro atoms. The van der Waals surface area contributed by atoms with E-state index in [1.165, 1.54) is 7.11 Å². The van der Waals surface area contributed by atoms with Crippen LogP contribution in [0.5, 0.6) is 5.75 Å². The molecule has 0 saturated heterocycles. The molecule has 1 heterocycles. The zero-order chi connectivity index (χ0) is 21.2. The van der Waals surface area contributed by atoms with E-state index in [-0.39, 0.29) is 17.3 Å². The van der Waals surface area contributed by atoms with Gasteiger partial charge in [0.15, 0.2) is 5.78 Å². The Hall–Kier alpha value is -2.76. The topological polar surface area (TPSA) is 65.2 Å². The number of nitrogens with two attached hydrogens (primary N) is 1. The molecular weight excluding hydrogens is 391 g/mol. The maximum atomic E-state index is 15.4. The molecule has 2 aromatic carbocycles. The molecule has 6 heteroatoms. The van der Waals surface area contributed by atoms with Gasteiger partial charge in [-0.15, -0.1) is 0 Å². The van der Waals surface area contributed by atoms with Crippen molar-refractivity contribution in [3.05, 3.63) is 82.4 Å². The van der Waals surface area contributed by atoms with E-state index in [1.54, 1.807) is 68.6 Å². The van der Waals surface area contributed by atoms with Crippen LogP contribution in [0.3, 0.4) is 0 Å². The summed E-state index contributed by atoms with van der Waals surface area (Å²) in [6.45, 7) is 3.27. The quantitative estimate of drug-likeness (QED) is 0.574. The highest BCUT2D eigenvalue weighted by molar-refractivity contribution is 6.30. The van der Waals surface area contributed by atoms with Gasteiger partial charge in [-0.05, 0) is 54.8 Å². The predicted octanol–water partition coefficient (Wildman–Crippen LogP) is 5.06. The van der Waals surface area contributed by atoms with Crippen LogP contribution in [-0.4, -0.2) is 23.4 Å². The summed E-state index contributed by atoms with van der Waals surface area (Å²) in [7, 11) is 1.50. The van der Waals surface area contributed by atoms with E-state index in [1.807, 2.05) is 0 Å². The van der Waals surface area contributed by atoms with Gasteiger partial charge in [0.25, 0.3) is 0 Å². The maximum Gasteiger partial charge on any atom is 0.200 e. The van der Waals surface area contributed by atoms with Gasteiger partial charge in [-0.1, -0.05) is 35.9 Å². The van der Waals surface area contributed by atoms with Gasteiger partial charge >= 0.3 is 0 Å². The third-order valence-electron chi connectivity index (χ3n) is 4.55. The Morgan fingerprint density at radius 3 is 2.55 bits per heavy atom. The van der Waals surface area contributed by atoms with E-state index < -0.39 is 5.54 Å². The number of benzene rings is 2. The van der Waals surface area contributed by atoms with Crippen LogP contribution >= 0.6 is 11.6 Å². The summed E-state index contributed by atoms with van der Waals surface area (Å²) < 4.78 is 20.7. The van der Waals surface area contributed by atoms with E-state index in [4.69, 9.17) is 22.1 Å². The van der Waals surface area contributed by atoms with Gasteiger partial charge in [-0.3, -0.25) is 9.78 Å². The summed E-state index contributed by atoms with van der Waals surface area (Å²) in [5.41, 5.74) is 7.39. The van der Waals surface area contributed by atoms with Crippen molar-refractivity contribution in [3.8, 4) is 16.9 Å². The molecule has 29 heavy (non-hydrogen) atoms. The standard InChI is InChI=1S/C23H22ClFN2O2/c1-23(2,26)22(28)18-9-7-14(13-27-18)11-16-8-10-19(29-3)20(21(16)25)15-5-4-6-17(24)12-15/h4-10,12-13H,11,26H2,1-3H3. The number of pyridine rings is 1. The molecule has 0 aliphatic rings. The molecule has 1 aromatic heterocycles. The van der Waals surface area contributed by atoms with Crippen LogP contribution in [-0.2, 0) is 6.42 Å². The van der Waals surface area contributed by atoms with Crippen LogP contribution in [0.15, 0.2) is 54.7 Å². The highest BCUT2D eigenvalue weighted by atomic mass is 35.5. The first-order valence-corrected chi connectivity index (χ1v) is 9.48. The Balaban J connectivity index is 1.94. The predicted molar refractivity (Wildman–Crippen MR) is 113 cm³/mol. The third kappa shape index (κ3) is 4.63. The number of nitrogens with zero attached hydrogens (tertiary/aromatic N) is 1. The van der Waals surface area contributed by atoms with Gasteiger partial charge in [0.05, 0.1) is 18.2 Å². The molecule has 4 nitrogen and oxygen atoms in total. The van der Waals surface area contributed by atoms with Crippen molar-refractivity contribution in [2.24, 2.45) is 5.73 Å². The highest BCUT2D eigenvalue weighted by Crippen LogP contribution is 2.36. The second kappa shape index (κ2) is 8.31. The lowest BCUT2D eigenvalue weighted by Crippen LogP contribution is -2.41. The second-order valence-electron chi connectivity index (χ2n) is 7.41. The van der Waals surface area contributed by atoms with Crippen molar-refractivity contribution in [2.75, 3.05) is 7.11 Å². The number of carbonyl (C=O) groups excluding carboxylic acids is 1. The van der Waals surface area contributed by atoms with Crippen molar-refractivity contribution in [2.45, 2.75) is 25.8 Å². The van der Waals surface area contributed by atoms with Crippen molar-refractivity contribution in [1.82, 2.24) is 4.98 Å². The average Bonchev–Trinajstić information content (AvgIpc) is 2.68. The average molecular weight is 413 g/mol. The van der Waals surface area contributed by atoms with Crippen molar-refractivity contribution in [3.63, 3.8) is 0 Å². The Bertz CT molecular complexity index is 1040. The molecule has 0 bridgehead atoms. The van der Waals surface area contributed by atoms with Gasteiger partial charge in [0.2, 0.25) is 0 Å². The summed E-state index contributed by atoms with van der Waals surface area (Å²) in [6.07, 6.45) is 1.89. The molecule has 0 aliphatic heterocycles. The summed E-state index contributed by atoms with van der Waals surface area (Å²) in [6, 6.07) is 13.8. The summed E-state index contributed by atoms with van der Waals surface area (Å²) in [5.74, 6) is -0.199. The number of hydrogen-bond donors (Lipinski definition) is 1. The lowest BCUT2D eigenvalue weighted by atomic mass is 9.96. The van der Waals surface area contributed by atoms with Crippen molar-refractivity contribution in [1.29, 1.82) is 0 Å². The number of ketones is 1. The number of carbonyl (C=O) groups is 1. The van der Waals surface area contributed by atoms with Gasteiger partial charge in [-0.25, -0.2) is 4.39 Å². The smallest absolute Gasteiger partial charge is 0.200 e. The zero-order valence-corrected chi connectivity index (χ0v) is 17.3. The molecule has 3 rings (SSSR count). The van der Waals surface area contributed by atoms with Crippen LogP contribution in [0.1, 0.15) is 35.5 Å². The van der Waals surface area contributed by atoms with Crippen LogP contribution < -0.4 is 10.5 Å². The van der Waals surface area contributed by atoms with Crippen LogP contribution in [0, 0.1) is 5.82 Å². The van der Waals surface area contributed by atoms with Crippen molar-refractivity contribution < 1.29 is 13.9 Å². The van der Waals surface area contributed by atoms with E-state index in [9.17, 15) is 4.79 Å². The Morgan fingerprint density at radius 2 is 1.97 bits per heavy atom. The monoisotopic (exact) mass is 412 g/mol. The van der Waals surface area contributed by atoms with E-state index in [2.05, 4.69) is 4.98 Å². The molecule has 2 N–H and O–H groups in total. The van der Waals surface area contributed by atoms with Crippen LogP contribution in [0.4, 0.5) is 4.39 Å². The fourth-order valence-corrected chi connectivity index (χ4v) is 3.22. The number of hydrogen-bond acceptors (Lipinski definition) is 4. The number of rotatable bonds is 6. The fraction of sp³-hybridized carbons (Fsp3) is 0.217. The Labute approximate surface area is 174 Å². The summed E-state index contributed by atoms with van der Waals surface area (Å²) >= 11 is 6.08. The first kappa shape index (κ1) is 21.0. The minimum Gasteiger partial charge on any atom is -0.496 e. The number of Topliss-reactive ketones (excluding diaryl/α,β-unsaturated/α-hetero) is 1. The first-order chi connectivity index (χ1) is 13.7. The minimum atomic E-state index is -0.998. The van der Waals surface area contributed by atoms with E-state index in [0.717, 1.165) is 5.56 Å². The van der Waals surface area contributed by atoms with Gasteiger partial charge < -0.3 is 10.5 Å². The Morgan fingerprint density at radius 1 is 1.21 bits per heavy atom. The second-order valence-corrected chi connectivity index (χ2v) is 7.84. The van der Waals surface area contributed by atoms with E-state index >= 15 is 4.39 Å². The molecule has 3 aromatic rings. The largest absolute Gasteiger partial charge is 0.496 e. The van der Waals surface area contributed by atoms with Crippen molar-refractivity contribution >= 4 is 17.4 Å². The molecule has 0 amide bonds. The van der Waals surface area contributed by atoms with Crippen LogP contribution in [0.25, 0.3) is 11.1 Å². The molecule has 0 saturated carbocycles. The zero-order valence-electron chi connectivity index (χ0n) is 16.5. The summed E-state index contributed by atoms with van der Waals surface area (Å²) in [5, 5.41) is 0.515. The lowest BCUT2D eigenvalue weighted by Gasteiger charge is -2.16. The van der Waals surface area contributed by atoms with E-state index in [0.29, 0.717) is 33.9 Å². The normalized spacial score (nSPS) is 11.4.